The van der Waals surface area contributed by atoms with Gasteiger partial charge in [0.15, 0.2) is 0 Å². The Morgan fingerprint density at radius 1 is 1.10 bits per heavy atom. The zero-order chi connectivity index (χ0) is 23.7. The number of aryl methyl sites for hydroxylation is 1. The van der Waals surface area contributed by atoms with Crippen LogP contribution in [0.25, 0.3) is 0 Å². The molecule has 0 aromatic heterocycles. The quantitative estimate of drug-likeness (QED) is 0.605. The Labute approximate surface area is 176 Å². The van der Waals surface area contributed by atoms with Gasteiger partial charge in [-0.05, 0) is 36.8 Å². The van der Waals surface area contributed by atoms with E-state index >= 15 is 0 Å². The third-order valence-electron chi connectivity index (χ3n) is 3.85. The van der Waals surface area contributed by atoms with Gasteiger partial charge in [0.1, 0.15) is 17.2 Å². The highest BCUT2D eigenvalue weighted by atomic mass is 35.5. The molecule has 0 unspecified atom stereocenters. The number of benzene rings is 2. The number of anilines is 1. The Bertz CT molecular complexity index is 1140. The molecule has 2 aromatic carbocycles. The summed E-state index contributed by atoms with van der Waals surface area (Å²) in [6.45, 7) is 1.11. The minimum Gasteiger partial charge on any atom is -0.307 e. The Hall–Kier alpha value is -2.80. The van der Waals surface area contributed by atoms with Crippen molar-refractivity contribution in [2.45, 2.75) is 23.5 Å². The summed E-state index contributed by atoms with van der Waals surface area (Å²) in [7, 11) is -5.88. The third-order valence-corrected chi connectivity index (χ3v) is 6.08. The van der Waals surface area contributed by atoms with Gasteiger partial charge in [0.05, 0.1) is 9.92 Å². The fraction of sp³-hybridized carbons (Fsp3) is 0.176. The van der Waals surface area contributed by atoms with Crippen LogP contribution in [0.4, 0.5) is 36.8 Å². The summed E-state index contributed by atoms with van der Waals surface area (Å²) in [5.74, 6) is -3.95. The Morgan fingerprint density at radius 2 is 1.65 bits per heavy atom. The first kappa shape index (κ1) is 24.5. The van der Waals surface area contributed by atoms with E-state index in [-0.39, 0.29) is 11.3 Å². The van der Waals surface area contributed by atoms with Gasteiger partial charge in [-0.1, -0.05) is 17.7 Å². The number of halogens is 7. The highest BCUT2D eigenvalue weighted by molar-refractivity contribution is 7.92. The number of hydrogen-bond acceptors (Lipinski definition) is 4. The molecule has 31 heavy (non-hydrogen) atoms. The van der Waals surface area contributed by atoms with Crippen LogP contribution in [0.3, 0.4) is 0 Å². The molecule has 0 heterocycles. The maximum atomic E-state index is 13.6. The molecule has 0 radical (unpaired) electrons. The first-order valence-electron chi connectivity index (χ1n) is 7.97. The summed E-state index contributed by atoms with van der Waals surface area (Å²) in [6, 6.07) is 2.38. The number of nitrogens with one attached hydrogen (secondary N) is 2. The monoisotopic (exact) mass is 488 g/mol. The second kappa shape index (κ2) is 8.75. The molecule has 0 atom stereocenters. The van der Waals surface area contributed by atoms with Gasteiger partial charge in [0.2, 0.25) is 0 Å². The maximum absolute atomic E-state index is 13.6. The summed E-state index contributed by atoms with van der Waals surface area (Å²) < 4.78 is 103. The number of amides is 3. The molecule has 0 bridgehead atoms. The number of urea groups is 1. The minimum absolute atomic E-state index is 0.215. The van der Waals surface area contributed by atoms with E-state index in [2.05, 4.69) is 0 Å². The second-order valence-electron chi connectivity index (χ2n) is 5.97. The van der Waals surface area contributed by atoms with Crippen molar-refractivity contribution in [1.82, 2.24) is 5.32 Å². The molecule has 0 fully saturated rings. The van der Waals surface area contributed by atoms with E-state index in [4.69, 9.17) is 11.6 Å². The molecule has 3 amide bonds. The van der Waals surface area contributed by atoms with Crippen LogP contribution in [0, 0.1) is 18.6 Å². The minimum atomic E-state index is -5.88. The number of sulfone groups is 1. The van der Waals surface area contributed by atoms with E-state index in [1.54, 1.807) is 5.32 Å². The predicted octanol–water partition coefficient (Wildman–Crippen LogP) is 4.52. The molecular formula is C17H11ClF6N2O4S. The molecule has 168 valence electrons. The molecule has 0 aliphatic heterocycles. The van der Waals surface area contributed by atoms with Crippen LogP contribution in [-0.4, -0.2) is 32.0 Å². The van der Waals surface area contributed by atoms with Crippen molar-refractivity contribution in [2.75, 3.05) is 5.32 Å². The number of imide groups is 1. The van der Waals surface area contributed by atoms with Crippen molar-refractivity contribution in [3.05, 3.63) is 58.1 Å². The van der Waals surface area contributed by atoms with Crippen molar-refractivity contribution in [2.24, 2.45) is 0 Å². The lowest BCUT2D eigenvalue weighted by molar-refractivity contribution is -0.0636. The smallest absolute Gasteiger partial charge is 0.307 e. The lowest BCUT2D eigenvalue weighted by Gasteiger charge is -2.18. The largest absolute Gasteiger partial charge is 0.408 e. The lowest BCUT2D eigenvalue weighted by Crippen LogP contribution is -2.37. The van der Waals surface area contributed by atoms with Gasteiger partial charge >= 0.3 is 17.7 Å². The van der Waals surface area contributed by atoms with Gasteiger partial charge in [0, 0.05) is 5.69 Å². The van der Waals surface area contributed by atoms with Gasteiger partial charge in [-0.3, -0.25) is 10.1 Å². The predicted molar refractivity (Wildman–Crippen MR) is 97.2 cm³/mol. The number of alkyl halides is 4. The number of rotatable bonds is 5. The Balaban J connectivity index is 2.29. The second-order valence-corrected chi connectivity index (χ2v) is 8.37. The zero-order valence-corrected chi connectivity index (χ0v) is 16.7. The van der Waals surface area contributed by atoms with E-state index in [1.807, 2.05) is 5.32 Å². The molecule has 2 N–H and O–H groups in total. The summed E-state index contributed by atoms with van der Waals surface area (Å²) in [4.78, 5) is 22.5. The van der Waals surface area contributed by atoms with Crippen LogP contribution in [0.5, 0.6) is 0 Å². The van der Waals surface area contributed by atoms with Crippen LogP contribution in [0.1, 0.15) is 15.9 Å². The van der Waals surface area contributed by atoms with Crippen molar-refractivity contribution in [3.8, 4) is 0 Å². The van der Waals surface area contributed by atoms with Crippen molar-refractivity contribution < 1.29 is 44.3 Å². The molecule has 0 aliphatic rings. The van der Waals surface area contributed by atoms with Gasteiger partial charge in [-0.15, -0.1) is 0 Å². The first-order valence-corrected chi connectivity index (χ1v) is 9.83. The molecule has 0 aliphatic carbocycles. The van der Waals surface area contributed by atoms with Crippen molar-refractivity contribution in [3.63, 3.8) is 0 Å². The fourth-order valence-corrected chi connectivity index (χ4v) is 3.94. The molecule has 2 rings (SSSR count). The van der Waals surface area contributed by atoms with Gasteiger partial charge in [-0.2, -0.15) is 8.78 Å². The SMILES string of the molecule is Cc1cc(S(=O)(=O)C(F)(F)C(F)F)c(Cl)cc1NC(=O)NC(=O)c1c(F)cccc1F. The lowest BCUT2D eigenvalue weighted by atomic mass is 10.2. The Morgan fingerprint density at radius 3 is 2.16 bits per heavy atom. The van der Waals surface area contributed by atoms with Crippen LogP contribution >= 0.6 is 11.6 Å². The standard InChI is InChI=1S/C17H11ClF6N2O4S/c1-7-5-12(31(29,30)17(23,24)15(21)22)8(18)6-11(7)25-16(28)26-14(27)13-9(19)3-2-4-10(13)20/h2-6,15H,1H3,(H2,25,26,27,28). The molecular weight excluding hydrogens is 478 g/mol. The molecule has 0 spiro atoms. The van der Waals surface area contributed by atoms with E-state index in [9.17, 15) is 44.3 Å². The molecule has 2 aromatic rings. The van der Waals surface area contributed by atoms with E-state index in [1.165, 1.54) is 0 Å². The van der Waals surface area contributed by atoms with Gasteiger partial charge in [0.25, 0.3) is 15.7 Å². The van der Waals surface area contributed by atoms with E-state index in [0.717, 1.165) is 25.1 Å². The highest BCUT2D eigenvalue weighted by Crippen LogP contribution is 2.39. The first-order chi connectivity index (χ1) is 14.2. The van der Waals surface area contributed by atoms with E-state index in [0.29, 0.717) is 12.1 Å². The maximum Gasteiger partial charge on any atom is 0.408 e. The van der Waals surface area contributed by atoms with Crippen LogP contribution in [0.2, 0.25) is 5.02 Å². The summed E-state index contributed by atoms with van der Waals surface area (Å²) in [6.07, 6.45) is -4.53. The summed E-state index contributed by atoms with van der Waals surface area (Å²) >= 11 is 5.63. The summed E-state index contributed by atoms with van der Waals surface area (Å²) in [5, 5.41) is -2.74. The number of hydrogen-bond donors (Lipinski definition) is 2. The topological polar surface area (TPSA) is 92.3 Å². The summed E-state index contributed by atoms with van der Waals surface area (Å²) in [5.41, 5.74) is -1.57. The average molecular weight is 489 g/mol. The fourth-order valence-electron chi connectivity index (χ4n) is 2.29. The zero-order valence-electron chi connectivity index (χ0n) is 15.2. The molecule has 6 nitrogen and oxygen atoms in total. The molecule has 0 saturated carbocycles. The highest BCUT2D eigenvalue weighted by Gasteiger charge is 2.55. The van der Waals surface area contributed by atoms with Crippen LogP contribution < -0.4 is 10.6 Å². The molecule has 14 heteroatoms. The van der Waals surface area contributed by atoms with Gasteiger partial charge < -0.3 is 5.32 Å². The van der Waals surface area contributed by atoms with Crippen LogP contribution in [-0.2, 0) is 9.84 Å². The third kappa shape index (κ3) is 4.77. The van der Waals surface area contributed by atoms with Gasteiger partial charge in [-0.25, -0.2) is 30.8 Å². The normalized spacial score (nSPS) is 12.0. The number of carbonyl (C=O) groups is 2. The van der Waals surface area contributed by atoms with E-state index < -0.39 is 60.6 Å². The molecule has 0 saturated heterocycles. The number of carbonyl (C=O) groups excluding carboxylic acids is 2. The Kier molecular flexibility index (Phi) is 6.90. The van der Waals surface area contributed by atoms with Crippen molar-refractivity contribution >= 4 is 39.1 Å². The van der Waals surface area contributed by atoms with Crippen LogP contribution in [0.15, 0.2) is 35.2 Å². The average Bonchev–Trinajstić information content (AvgIpc) is 2.63. The van der Waals surface area contributed by atoms with Crippen molar-refractivity contribution in [1.29, 1.82) is 0 Å².